The van der Waals surface area contributed by atoms with Crippen LogP contribution >= 0.6 is 11.6 Å². The number of rotatable bonds is 8. The van der Waals surface area contributed by atoms with Crippen LogP contribution in [0.1, 0.15) is 46.3 Å². The fraction of sp³-hybridized carbons (Fsp3) is 0.296. The van der Waals surface area contributed by atoms with Crippen molar-refractivity contribution in [2.45, 2.75) is 52.1 Å². The summed E-state index contributed by atoms with van der Waals surface area (Å²) in [5, 5.41) is 3.42. The van der Waals surface area contributed by atoms with E-state index in [1.54, 1.807) is 48.5 Å². The molecule has 0 aromatic heterocycles. The highest BCUT2D eigenvalue weighted by Crippen LogP contribution is 2.24. The van der Waals surface area contributed by atoms with Gasteiger partial charge in [0, 0.05) is 11.6 Å². The fourth-order valence-electron chi connectivity index (χ4n) is 3.88. The van der Waals surface area contributed by atoms with E-state index < -0.39 is 10.0 Å². The van der Waals surface area contributed by atoms with Crippen molar-refractivity contribution in [3.05, 3.63) is 99.1 Å². The van der Waals surface area contributed by atoms with Crippen LogP contribution in [0.5, 0.6) is 0 Å². The monoisotopic (exact) mass is 498 g/mol. The van der Waals surface area contributed by atoms with Gasteiger partial charge in [-0.2, -0.15) is 4.31 Å². The predicted octanol–water partition coefficient (Wildman–Crippen LogP) is 5.64. The van der Waals surface area contributed by atoms with Gasteiger partial charge in [-0.25, -0.2) is 8.42 Å². The summed E-state index contributed by atoms with van der Waals surface area (Å²) in [4.78, 5) is 13.2. The molecule has 1 N–H and O–H groups in total. The molecule has 7 heteroatoms. The molecule has 1 amide bonds. The zero-order valence-electron chi connectivity index (χ0n) is 20.2. The molecule has 0 heterocycles. The quantitative estimate of drug-likeness (QED) is 0.437. The number of nitrogens with zero attached hydrogens (tertiary/aromatic N) is 1. The second-order valence-corrected chi connectivity index (χ2v) is 11.1. The number of aryl methyl sites for hydroxylation is 4. The molecule has 1 atom stereocenters. The lowest BCUT2D eigenvalue weighted by atomic mass is 9.96. The Hall–Kier alpha value is -2.67. The van der Waals surface area contributed by atoms with Gasteiger partial charge < -0.3 is 5.32 Å². The molecule has 0 saturated carbocycles. The first-order valence-electron chi connectivity index (χ1n) is 11.2. The summed E-state index contributed by atoms with van der Waals surface area (Å²) in [6.45, 7) is 9.56. The highest BCUT2D eigenvalue weighted by atomic mass is 35.5. The summed E-state index contributed by atoms with van der Waals surface area (Å²) in [5.74, 6) is -0.382. The summed E-state index contributed by atoms with van der Waals surface area (Å²) in [6, 6.07) is 17.5. The molecule has 0 saturated heterocycles. The van der Waals surface area contributed by atoms with Gasteiger partial charge in [0.15, 0.2) is 0 Å². The lowest BCUT2D eigenvalue weighted by molar-refractivity contribution is -0.122. The number of hydrogen-bond donors (Lipinski definition) is 1. The van der Waals surface area contributed by atoms with E-state index in [1.165, 1.54) is 9.87 Å². The number of carbonyl (C=O) groups excluding carboxylic acids is 1. The number of hydrogen-bond acceptors (Lipinski definition) is 3. The van der Waals surface area contributed by atoms with Gasteiger partial charge in [0.1, 0.15) is 0 Å². The molecule has 180 valence electrons. The van der Waals surface area contributed by atoms with Crippen LogP contribution in [0, 0.1) is 27.7 Å². The maximum atomic E-state index is 13.5. The Morgan fingerprint density at radius 1 is 0.941 bits per heavy atom. The van der Waals surface area contributed by atoms with E-state index in [-0.39, 0.29) is 29.9 Å². The van der Waals surface area contributed by atoms with Crippen molar-refractivity contribution < 1.29 is 13.2 Å². The molecule has 0 bridgehead atoms. The molecular weight excluding hydrogens is 468 g/mol. The van der Waals surface area contributed by atoms with E-state index in [1.807, 2.05) is 27.7 Å². The molecular formula is C27H31ClN2O3S. The molecule has 5 nitrogen and oxygen atoms in total. The number of benzene rings is 3. The summed E-state index contributed by atoms with van der Waals surface area (Å²) in [7, 11) is -3.93. The van der Waals surface area contributed by atoms with Gasteiger partial charge in [0.2, 0.25) is 15.9 Å². The standard InChI is InChI=1S/C27H31ClN2O3S/c1-18-10-12-24(13-11-18)34(32,33)30(16-23-8-6-7-9-26(23)28)17-27(31)29-22(5)25-15-20(3)19(2)14-21(25)4/h6-15,22H,16-17H2,1-5H3,(H,29,31). The Labute approximate surface area is 207 Å². The minimum atomic E-state index is -3.93. The number of sulfonamides is 1. The second-order valence-electron chi connectivity index (χ2n) is 8.76. The summed E-state index contributed by atoms with van der Waals surface area (Å²) >= 11 is 6.31. The van der Waals surface area contributed by atoms with Crippen LogP contribution in [-0.2, 0) is 21.4 Å². The van der Waals surface area contributed by atoms with Crippen LogP contribution in [0.2, 0.25) is 5.02 Å². The van der Waals surface area contributed by atoms with Gasteiger partial charge in [-0.05, 0) is 80.6 Å². The van der Waals surface area contributed by atoms with Gasteiger partial charge in [-0.3, -0.25) is 4.79 Å². The average molecular weight is 499 g/mol. The van der Waals surface area contributed by atoms with Gasteiger partial charge in [-0.1, -0.05) is 59.6 Å². The molecule has 34 heavy (non-hydrogen) atoms. The van der Waals surface area contributed by atoms with Crippen LogP contribution in [0.3, 0.4) is 0 Å². The smallest absolute Gasteiger partial charge is 0.243 e. The number of amides is 1. The first-order valence-corrected chi connectivity index (χ1v) is 13.0. The van der Waals surface area contributed by atoms with Crippen molar-refractivity contribution in [1.29, 1.82) is 0 Å². The molecule has 0 aliphatic heterocycles. The summed E-state index contributed by atoms with van der Waals surface area (Å²) in [6.07, 6.45) is 0. The molecule has 3 aromatic carbocycles. The molecule has 0 aliphatic rings. The van der Waals surface area contributed by atoms with Crippen molar-refractivity contribution in [1.82, 2.24) is 9.62 Å². The van der Waals surface area contributed by atoms with Crippen LogP contribution in [0.15, 0.2) is 65.6 Å². The predicted molar refractivity (Wildman–Crippen MR) is 137 cm³/mol. The zero-order chi connectivity index (χ0) is 25.0. The van der Waals surface area contributed by atoms with Gasteiger partial charge in [0.25, 0.3) is 0 Å². The molecule has 0 fully saturated rings. The molecule has 3 aromatic rings. The van der Waals surface area contributed by atoms with Crippen molar-refractivity contribution in [2.75, 3.05) is 6.54 Å². The van der Waals surface area contributed by atoms with Crippen LogP contribution in [0.25, 0.3) is 0 Å². The van der Waals surface area contributed by atoms with E-state index in [4.69, 9.17) is 11.6 Å². The Balaban J connectivity index is 1.87. The third kappa shape index (κ3) is 6.06. The Bertz CT molecular complexity index is 1290. The van der Waals surface area contributed by atoms with E-state index >= 15 is 0 Å². The normalized spacial score (nSPS) is 12.6. The maximum Gasteiger partial charge on any atom is 0.243 e. The topological polar surface area (TPSA) is 66.5 Å². The first kappa shape index (κ1) is 25.9. The molecule has 0 aliphatic carbocycles. The zero-order valence-corrected chi connectivity index (χ0v) is 21.8. The van der Waals surface area contributed by atoms with E-state index in [0.717, 1.165) is 22.3 Å². The van der Waals surface area contributed by atoms with E-state index in [9.17, 15) is 13.2 Å². The number of carbonyl (C=O) groups is 1. The Morgan fingerprint density at radius 2 is 1.56 bits per heavy atom. The minimum Gasteiger partial charge on any atom is -0.348 e. The van der Waals surface area contributed by atoms with Crippen molar-refractivity contribution in [2.24, 2.45) is 0 Å². The summed E-state index contributed by atoms with van der Waals surface area (Å²) < 4.78 is 28.2. The van der Waals surface area contributed by atoms with Gasteiger partial charge in [-0.15, -0.1) is 0 Å². The van der Waals surface area contributed by atoms with Crippen molar-refractivity contribution >= 4 is 27.5 Å². The molecule has 0 spiro atoms. The van der Waals surface area contributed by atoms with E-state index in [2.05, 4.69) is 24.4 Å². The van der Waals surface area contributed by atoms with Crippen molar-refractivity contribution in [3.8, 4) is 0 Å². The second kappa shape index (κ2) is 10.7. The van der Waals surface area contributed by atoms with Crippen LogP contribution in [0.4, 0.5) is 0 Å². The largest absolute Gasteiger partial charge is 0.348 e. The molecule has 1 unspecified atom stereocenters. The maximum absolute atomic E-state index is 13.5. The third-order valence-corrected chi connectivity index (χ3v) is 8.18. The lowest BCUT2D eigenvalue weighted by Gasteiger charge is -2.24. The number of halogens is 1. The average Bonchev–Trinajstić information content (AvgIpc) is 2.77. The number of nitrogens with one attached hydrogen (secondary N) is 1. The Morgan fingerprint density at radius 3 is 2.21 bits per heavy atom. The van der Waals surface area contributed by atoms with Gasteiger partial charge in [0.05, 0.1) is 17.5 Å². The van der Waals surface area contributed by atoms with Crippen LogP contribution < -0.4 is 5.32 Å². The highest BCUT2D eigenvalue weighted by Gasteiger charge is 2.28. The molecule has 0 radical (unpaired) electrons. The lowest BCUT2D eigenvalue weighted by Crippen LogP contribution is -2.41. The van der Waals surface area contributed by atoms with Crippen LogP contribution in [-0.4, -0.2) is 25.2 Å². The SMILES string of the molecule is Cc1ccc(S(=O)(=O)N(CC(=O)NC(C)c2cc(C)c(C)cc2C)Cc2ccccc2Cl)cc1. The fourth-order valence-corrected chi connectivity index (χ4v) is 5.45. The minimum absolute atomic E-state index is 0.0135. The molecule has 3 rings (SSSR count). The first-order chi connectivity index (χ1) is 16.0. The highest BCUT2D eigenvalue weighted by molar-refractivity contribution is 7.89. The van der Waals surface area contributed by atoms with Gasteiger partial charge >= 0.3 is 0 Å². The van der Waals surface area contributed by atoms with Crippen molar-refractivity contribution in [3.63, 3.8) is 0 Å². The Kier molecular flexibility index (Phi) is 8.18. The summed E-state index contributed by atoms with van der Waals surface area (Å²) in [5.41, 5.74) is 6.00. The third-order valence-electron chi connectivity index (χ3n) is 6.01. The van der Waals surface area contributed by atoms with E-state index in [0.29, 0.717) is 10.6 Å².